The van der Waals surface area contributed by atoms with Gasteiger partial charge in [0.2, 0.25) is 11.8 Å². The van der Waals surface area contributed by atoms with Gasteiger partial charge in [0.25, 0.3) is 10.0 Å². The number of carbonyl (C=O) groups is 2. The van der Waals surface area contributed by atoms with Crippen LogP contribution in [0.4, 0.5) is 5.69 Å². The third-order valence-electron chi connectivity index (χ3n) is 6.43. The lowest BCUT2D eigenvalue weighted by atomic mass is 10.1. The summed E-state index contributed by atoms with van der Waals surface area (Å²) in [5.41, 5.74) is 3.08. The van der Waals surface area contributed by atoms with Crippen LogP contribution in [0.1, 0.15) is 49.9 Å². The predicted molar refractivity (Wildman–Crippen MR) is 161 cm³/mol. The maximum absolute atomic E-state index is 14.1. The fourth-order valence-electron chi connectivity index (χ4n) is 4.23. The Morgan fingerprint density at radius 3 is 2.15 bits per heavy atom. The van der Waals surface area contributed by atoms with E-state index in [4.69, 9.17) is 11.6 Å². The minimum Gasteiger partial charge on any atom is -0.350 e. The molecule has 0 aliphatic heterocycles. The van der Waals surface area contributed by atoms with Crippen molar-refractivity contribution in [2.75, 3.05) is 10.8 Å². The lowest BCUT2D eigenvalue weighted by Gasteiger charge is -2.34. The SMILES string of the molecule is Cc1ccc(S(=O)(=O)N(CC(=O)N(Cc2cccc(Cl)c2)[C@@H](C)C(=O)NC(C)(C)C)c2cc(C)ccc2C)cc1. The molecule has 2 amide bonds. The summed E-state index contributed by atoms with van der Waals surface area (Å²) < 4.78 is 29.2. The number of nitrogens with one attached hydrogen (secondary N) is 1. The number of hydrogen-bond acceptors (Lipinski definition) is 4. The molecule has 214 valence electrons. The van der Waals surface area contributed by atoms with Crippen molar-refractivity contribution in [3.63, 3.8) is 0 Å². The summed E-state index contributed by atoms with van der Waals surface area (Å²) in [6.45, 7) is 12.3. The molecular weight excluding hydrogens is 546 g/mol. The van der Waals surface area contributed by atoms with E-state index in [0.29, 0.717) is 16.3 Å². The Morgan fingerprint density at radius 1 is 0.925 bits per heavy atom. The van der Waals surface area contributed by atoms with Crippen LogP contribution in [0.2, 0.25) is 5.02 Å². The van der Waals surface area contributed by atoms with E-state index in [1.54, 1.807) is 50.2 Å². The first-order chi connectivity index (χ1) is 18.6. The highest BCUT2D eigenvalue weighted by Crippen LogP contribution is 2.29. The highest BCUT2D eigenvalue weighted by Gasteiger charge is 2.34. The second-order valence-corrected chi connectivity index (χ2v) is 13.5. The van der Waals surface area contributed by atoms with Crippen LogP contribution >= 0.6 is 11.6 Å². The number of carbonyl (C=O) groups excluding carboxylic acids is 2. The maximum atomic E-state index is 14.1. The van der Waals surface area contributed by atoms with Crippen molar-refractivity contribution >= 4 is 39.1 Å². The van der Waals surface area contributed by atoms with Gasteiger partial charge in [-0.05, 0) is 95.5 Å². The van der Waals surface area contributed by atoms with Gasteiger partial charge in [0, 0.05) is 17.1 Å². The molecule has 7 nitrogen and oxygen atoms in total. The Labute approximate surface area is 243 Å². The van der Waals surface area contributed by atoms with Crippen LogP contribution in [0.15, 0.2) is 71.6 Å². The smallest absolute Gasteiger partial charge is 0.264 e. The van der Waals surface area contributed by atoms with Crippen molar-refractivity contribution in [3.8, 4) is 0 Å². The zero-order chi connectivity index (χ0) is 29.8. The van der Waals surface area contributed by atoms with Crippen molar-refractivity contribution in [3.05, 3.63) is 94.0 Å². The van der Waals surface area contributed by atoms with Crippen molar-refractivity contribution in [1.82, 2.24) is 10.2 Å². The van der Waals surface area contributed by atoms with Gasteiger partial charge in [0.15, 0.2) is 0 Å². The first-order valence-electron chi connectivity index (χ1n) is 13.1. The van der Waals surface area contributed by atoms with Gasteiger partial charge in [-0.25, -0.2) is 8.42 Å². The fraction of sp³-hybridized carbons (Fsp3) is 0.355. The molecule has 3 rings (SSSR count). The fourth-order valence-corrected chi connectivity index (χ4v) is 5.91. The second kappa shape index (κ2) is 12.4. The van der Waals surface area contributed by atoms with E-state index in [9.17, 15) is 18.0 Å². The standard InChI is InChI=1S/C31H38ClN3O4S/c1-21-12-15-27(16-13-21)40(38,39)35(28-17-22(2)11-14-23(28)3)20-29(36)34(19-25-9-8-10-26(32)18-25)24(4)30(37)33-31(5,6)7/h8-18,24H,19-20H2,1-7H3,(H,33,37)/t24-/m0/s1. The highest BCUT2D eigenvalue weighted by molar-refractivity contribution is 7.92. The lowest BCUT2D eigenvalue weighted by molar-refractivity contribution is -0.140. The van der Waals surface area contributed by atoms with Crippen molar-refractivity contribution in [2.24, 2.45) is 0 Å². The Kier molecular flexibility index (Phi) is 9.69. The molecule has 0 spiro atoms. The van der Waals surface area contributed by atoms with E-state index in [-0.39, 0.29) is 17.3 Å². The Balaban J connectivity index is 2.08. The van der Waals surface area contributed by atoms with Gasteiger partial charge in [0.05, 0.1) is 10.6 Å². The average Bonchev–Trinajstić information content (AvgIpc) is 2.86. The summed E-state index contributed by atoms with van der Waals surface area (Å²) in [7, 11) is -4.13. The summed E-state index contributed by atoms with van der Waals surface area (Å²) in [6.07, 6.45) is 0. The molecule has 0 aliphatic rings. The molecule has 0 bridgehead atoms. The normalized spacial score (nSPS) is 12.5. The predicted octanol–water partition coefficient (Wildman–Crippen LogP) is 5.79. The summed E-state index contributed by atoms with van der Waals surface area (Å²) >= 11 is 6.20. The number of anilines is 1. The number of hydrogen-bond donors (Lipinski definition) is 1. The molecular formula is C31H38ClN3O4S. The third kappa shape index (κ3) is 7.86. The second-order valence-electron chi connectivity index (χ2n) is 11.2. The van der Waals surface area contributed by atoms with Gasteiger partial charge < -0.3 is 10.2 Å². The van der Waals surface area contributed by atoms with Crippen molar-refractivity contribution in [1.29, 1.82) is 0 Å². The molecule has 0 fully saturated rings. The first kappa shape index (κ1) is 31.2. The number of nitrogens with zero attached hydrogens (tertiary/aromatic N) is 2. The molecule has 0 saturated carbocycles. The molecule has 0 unspecified atom stereocenters. The Morgan fingerprint density at radius 2 is 1.55 bits per heavy atom. The molecule has 3 aromatic carbocycles. The molecule has 1 atom stereocenters. The van der Waals surface area contributed by atoms with E-state index in [0.717, 1.165) is 21.0 Å². The van der Waals surface area contributed by atoms with Crippen molar-refractivity contribution in [2.45, 2.75) is 71.5 Å². The minimum absolute atomic E-state index is 0.0728. The summed E-state index contributed by atoms with van der Waals surface area (Å²) in [6, 6.07) is 18.1. The molecule has 0 radical (unpaired) electrons. The van der Waals surface area contributed by atoms with Crippen LogP contribution < -0.4 is 9.62 Å². The first-order valence-corrected chi connectivity index (χ1v) is 14.9. The van der Waals surface area contributed by atoms with E-state index in [1.807, 2.05) is 52.8 Å². The molecule has 0 heterocycles. The zero-order valence-electron chi connectivity index (χ0n) is 24.2. The Bertz CT molecular complexity index is 1480. The molecule has 9 heteroatoms. The number of aryl methyl sites for hydroxylation is 3. The zero-order valence-corrected chi connectivity index (χ0v) is 25.7. The van der Waals surface area contributed by atoms with E-state index >= 15 is 0 Å². The summed E-state index contributed by atoms with van der Waals surface area (Å²) in [5, 5.41) is 3.42. The lowest BCUT2D eigenvalue weighted by Crippen LogP contribution is -2.54. The van der Waals surface area contributed by atoms with Gasteiger partial charge in [-0.2, -0.15) is 0 Å². The summed E-state index contributed by atoms with van der Waals surface area (Å²) in [5.74, 6) is -0.865. The van der Waals surface area contributed by atoms with Crippen LogP contribution in [0.25, 0.3) is 0 Å². The summed E-state index contributed by atoms with van der Waals surface area (Å²) in [4.78, 5) is 28.7. The maximum Gasteiger partial charge on any atom is 0.264 e. The molecule has 3 aromatic rings. The topological polar surface area (TPSA) is 86.8 Å². The molecule has 0 aliphatic carbocycles. The Hall–Kier alpha value is -3.36. The highest BCUT2D eigenvalue weighted by atomic mass is 35.5. The molecule has 40 heavy (non-hydrogen) atoms. The van der Waals surface area contributed by atoms with Crippen molar-refractivity contribution < 1.29 is 18.0 Å². The van der Waals surface area contributed by atoms with Crippen LogP contribution in [0, 0.1) is 20.8 Å². The number of amides is 2. The van der Waals surface area contributed by atoms with E-state index < -0.39 is 34.1 Å². The quantitative estimate of drug-likeness (QED) is 0.345. The number of benzene rings is 3. The van der Waals surface area contributed by atoms with Gasteiger partial charge in [-0.3, -0.25) is 13.9 Å². The third-order valence-corrected chi connectivity index (χ3v) is 8.44. The molecule has 0 aromatic heterocycles. The van der Waals surface area contributed by atoms with Gasteiger partial charge >= 0.3 is 0 Å². The molecule has 1 N–H and O–H groups in total. The largest absolute Gasteiger partial charge is 0.350 e. The number of sulfonamides is 1. The number of halogens is 1. The van der Waals surface area contributed by atoms with Crippen LogP contribution in [-0.4, -0.2) is 43.3 Å². The number of rotatable bonds is 9. The van der Waals surface area contributed by atoms with Gasteiger partial charge in [0.1, 0.15) is 12.6 Å². The minimum atomic E-state index is -4.13. The van der Waals surface area contributed by atoms with E-state index in [1.165, 1.54) is 17.0 Å². The van der Waals surface area contributed by atoms with Crippen LogP contribution in [0.5, 0.6) is 0 Å². The van der Waals surface area contributed by atoms with Crippen LogP contribution in [-0.2, 0) is 26.2 Å². The van der Waals surface area contributed by atoms with Gasteiger partial charge in [-0.1, -0.05) is 53.6 Å². The van der Waals surface area contributed by atoms with E-state index in [2.05, 4.69) is 5.32 Å². The van der Waals surface area contributed by atoms with Gasteiger partial charge in [-0.15, -0.1) is 0 Å². The van der Waals surface area contributed by atoms with Crippen LogP contribution in [0.3, 0.4) is 0 Å². The monoisotopic (exact) mass is 583 g/mol. The average molecular weight is 584 g/mol. The molecule has 0 saturated heterocycles.